The lowest BCUT2D eigenvalue weighted by Crippen LogP contribution is -2.35. The summed E-state index contributed by atoms with van der Waals surface area (Å²) in [6.07, 6.45) is -0.455. The summed E-state index contributed by atoms with van der Waals surface area (Å²) >= 11 is 0. The fourth-order valence-corrected chi connectivity index (χ4v) is 1.71. The lowest BCUT2D eigenvalue weighted by molar-refractivity contribution is -0.130. The van der Waals surface area contributed by atoms with Crippen LogP contribution in [-0.4, -0.2) is 26.2 Å². The van der Waals surface area contributed by atoms with Crippen molar-refractivity contribution in [2.24, 2.45) is 0 Å². The molecule has 0 radical (unpaired) electrons. The molecular formula is C14H21NO3. The molecular weight excluding hydrogens is 230 g/mol. The summed E-state index contributed by atoms with van der Waals surface area (Å²) in [4.78, 5) is 11.8. The molecule has 2 unspecified atom stereocenters. The molecule has 0 heterocycles. The van der Waals surface area contributed by atoms with E-state index in [-0.39, 0.29) is 11.9 Å². The van der Waals surface area contributed by atoms with Gasteiger partial charge in [-0.15, -0.1) is 0 Å². The highest BCUT2D eigenvalue weighted by molar-refractivity contribution is 5.80. The predicted molar refractivity (Wildman–Crippen MR) is 70.8 cm³/mol. The van der Waals surface area contributed by atoms with Crippen molar-refractivity contribution in [3.8, 4) is 5.75 Å². The molecule has 0 aromatic heterocycles. The number of benzene rings is 1. The first-order valence-corrected chi connectivity index (χ1v) is 5.97. The van der Waals surface area contributed by atoms with Gasteiger partial charge in [-0.3, -0.25) is 4.79 Å². The van der Waals surface area contributed by atoms with E-state index in [9.17, 15) is 4.79 Å². The van der Waals surface area contributed by atoms with Crippen LogP contribution in [0.3, 0.4) is 0 Å². The lowest BCUT2D eigenvalue weighted by Gasteiger charge is -2.19. The minimum absolute atomic E-state index is 0.120. The Bertz CT molecular complexity index is 418. The maximum Gasteiger partial charge on any atom is 0.249 e. The molecule has 0 aliphatic heterocycles. The van der Waals surface area contributed by atoms with Gasteiger partial charge in [-0.05, 0) is 26.8 Å². The molecule has 0 saturated heterocycles. The molecule has 4 heteroatoms. The van der Waals surface area contributed by atoms with E-state index in [1.54, 1.807) is 14.0 Å². The van der Waals surface area contributed by atoms with Crippen LogP contribution < -0.4 is 10.1 Å². The van der Waals surface area contributed by atoms with Gasteiger partial charge in [-0.25, -0.2) is 0 Å². The van der Waals surface area contributed by atoms with Crippen molar-refractivity contribution in [3.05, 3.63) is 29.3 Å². The van der Waals surface area contributed by atoms with Crippen molar-refractivity contribution in [2.45, 2.75) is 32.9 Å². The second-order valence-electron chi connectivity index (χ2n) is 4.35. The van der Waals surface area contributed by atoms with Crippen LogP contribution in [0.2, 0.25) is 0 Å². The molecule has 2 atom stereocenters. The van der Waals surface area contributed by atoms with Crippen molar-refractivity contribution in [3.63, 3.8) is 0 Å². The smallest absolute Gasteiger partial charge is 0.249 e. The number of carbonyl (C=O) groups excluding carboxylic acids is 1. The maximum atomic E-state index is 11.8. The molecule has 0 saturated carbocycles. The molecule has 0 spiro atoms. The number of methoxy groups -OCH3 is 2. The summed E-state index contributed by atoms with van der Waals surface area (Å²) in [7, 11) is 3.14. The Morgan fingerprint density at radius 3 is 2.50 bits per heavy atom. The van der Waals surface area contributed by atoms with E-state index in [0.29, 0.717) is 0 Å². The van der Waals surface area contributed by atoms with E-state index in [1.807, 2.05) is 32.0 Å². The number of rotatable bonds is 5. The molecule has 1 aromatic rings. The second kappa shape index (κ2) is 6.40. The van der Waals surface area contributed by atoms with Crippen molar-refractivity contribution in [1.82, 2.24) is 5.32 Å². The third-order valence-corrected chi connectivity index (χ3v) is 2.93. The molecule has 100 valence electrons. The zero-order valence-corrected chi connectivity index (χ0v) is 11.6. The Balaban J connectivity index is 2.86. The standard InChI is InChI=1S/C14H21NO3/c1-9-6-7-13(18-5)12(8-9)10(2)15-14(16)11(3)17-4/h6-8,10-11H,1-5H3,(H,15,16). The van der Waals surface area contributed by atoms with Gasteiger partial charge >= 0.3 is 0 Å². The van der Waals surface area contributed by atoms with Crippen LogP contribution in [0.5, 0.6) is 5.75 Å². The summed E-state index contributed by atoms with van der Waals surface area (Å²) < 4.78 is 10.3. The van der Waals surface area contributed by atoms with Crippen LogP contribution in [-0.2, 0) is 9.53 Å². The number of aryl methyl sites for hydroxylation is 1. The summed E-state index contributed by atoms with van der Waals surface area (Å²) in [5.41, 5.74) is 2.10. The maximum absolute atomic E-state index is 11.8. The third-order valence-electron chi connectivity index (χ3n) is 2.93. The van der Waals surface area contributed by atoms with Gasteiger partial charge in [0.15, 0.2) is 0 Å². The van der Waals surface area contributed by atoms with Gasteiger partial charge in [0, 0.05) is 12.7 Å². The first-order valence-electron chi connectivity index (χ1n) is 5.97. The minimum atomic E-state index is -0.455. The Kier molecular flexibility index (Phi) is 5.16. The van der Waals surface area contributed by atoms with E-state index in [1.165, 1.54) is 7.11 Å². The average Bonchev–Trinajstić information content (AvgIpc) is 2.37. The summed E-state index contributed by atoms with van der Waals surface area (Å²) in [5.74, 6) is 0.645. The Hall–Kier alpha value is -1.55. The van der Waals surface area contributed by atoms with Crippen molar-refractivity contribution >= 4 is 5.91 Å². The summed E-state index contributed by atoms with van der Waals surface area (Å²) in [6.45, 7) is 5.66. The van der Waals surface area contributed by atoms with Gasteiger partial charge in [0.2, 0.25) is 5.91 Å². The molecule has 0 aliphatic rings. The van der Waals surface area contributed by atoms with Crippen LogP contribution >= 0.6 is 0 Å². The number of nitrogens with one attached hydrogen (secondary N) is 1. The zero-order valence-electron chi connectivity index (χ0n) is 11.6. The summed E-state index contributed by atoms with van der Waals surface area (Å²) in [6, 6.07) is 5.79. The van der Waals surface area contributed by atoms with Crippen molar-refractivity contribution in [1.29, 1.82) is 0 Å². The molecule has 0 bridgehead atoms. The largest absolute Gasteiger partial charge is 0.496 e. The lowest BCUT2D eigenvalue weighted by atomic mass is 10.0. The van der Waals surface area contributed by atoms with Gasteiger partial charge in [0.1, 0.15) is 11.9 Å². The Morgan fingerprint density at radius 1 is 1.28 bits per heavy atom. The van der Waals surface area contributed by atoms with Crippen molar-refractivity contribution in [2.75, 3.05) is 14.2 Å². The van der Waals surface area contributed by atoms with E-state index < -0.39 is 6.10 Å². The fourth-order valence-electron chi connectivity index (χ4n) is 1.71. The fraction of sp³-hybridized carbons (Fsp3) is 0.500. The van der Waals surface area contributed by atoms with E-state index >= 15 is 0 Å². The highest BCUT2D eigenvalue weighted by Crippen LogP contribution is 2.26. The van der Waals surface area contributed by atoms with Gasteiger partial charge in [-0.1, -0.05) is 17.7 Å². The van der Waals surface area contributed by atoms with Crippen LogP contribution in [0.25, 0.3) is 0 Å². The monoisotopic (exact) mass is 251 g/mol. The van der Waals surface area contributed by atoms with Crippen LogP contribution in [0.1, 0.15) is 31.0 Å². The van der Waals surface area contributed by atoms with Gasteiger partial charge in [0.05, 0.1) is 13.2 Å². The third kappa shape index (κ3) is 3.47. The number of carbonyl (C=O) groups is 1. The number of amides is 1. The topological polar surface area (TPSA) is 47.6 Å². The van der Waals surface area contributed by atoms with E-state index in [4.69, 9.17) is 9.47 Å². The molecule has 1 amide bonds. The predicted octanol–water partition coefficient (Wildman–Crippen LogP) is 2.22. The van der Waals surface area contributed by atoms with Crippen molar-refractivity contribution < 1.29 is 14.3 Å². The molecule has 4 nitrogen and oxygen atoms in total. The first-order chi connectivity index (χ1) is 8.49. The zero-order chi connectivity index (χ0) is 13.7. The number of hydrogen-bond acceptors (Lipinski definition) is 3. The quantitative estimate of drug-likeness (QED) is 0.873. The molecule has 18 heavy (non-hydrogen) atoms. The highest BCUT2D eigenvalue weighted by atomic mass is 16.5. The molecule has 1 aromatic carbocycles. The number of hydrogen-bond donors (Lipinski definition) is 1. The van der Waals surface area contributed by atoms with E-state index in [0.717, 1.165) is 16.9 Å². The van der Waals surface area contributed by atoms with Crippen LogP contribution in [0.4, 0.5) is 0 Å². The van der Waals surface area contributed by atoms with Gasteiger partial charge < -0.3 is 14.8 Å². The van der Waals surface area contributed by atoms with Gasteiger partial charge in [-0.2, -0.15) is 0 Å². The molecule has 0 fully saturated rings. The number of ether oxygens (including phenoxy) is 2. The molecule has 1 rings (SSSR count). The Labute approximate surface area is 108 Å². The SMILES string of the molecule is COc1ccc(C)cc1C(C)NC(=O)C(C)OC. The minimum Gasteiger partial charge on any atom is -0.496 e. The average molecular weight is 251 g/mol. The summed E-state index contributed by atoms with van der Waals surface area (Å²) in [5, 5.41) is 2.90. The van der Waals surface area contributed by atoms with Gasteiger partial charge in [0.25, 0.3) is 0 Å². The normalized spacial score (nSPS) is 13.8. The first kappa shape index (κ1) is 14.5. The molecule has 1 N–H and O–H groups in total. The highest BCUT2D eigenvalue weighted by Gasteiger charge is 2.17. The van der Waals surface area contributed by atoms with Crippen LogP contribution in [0, 0.1) is 6.92 Å². The second-order valence-corrected chi connectivity index (χ2v) is 4.35. The van der Waals surface area contributed by atoms with Crippen LogP contribution in [0.15, 0.2) is 18.2 Å². The molecule has 0 aliphatic carbocycles. The van der Waals surface area contributed by atoms with E-state index in [2.05, 4.69) is 5.32 Å². The Morgan fingerprint density at radius 2 is 1.94 bits per heavy atom.